The highest BCUT2D eigenvalue weighted by Gasteiger charge is 2.42. The quantitative estimate of drug-likeness (QED) is 0.902. The Morgan fingerprint density at radius 3 is 2.83 bits per heavy atom. The summed E-state index contributed by atoms with van der Waals surface area (Å²) in [5.74, 6) is 0.769. The largest absolute Gasteiger partial charge is 0.352 e. The van der Waals surface area contributed by atoms with Crippen molar-refractivity contribution in [2.45, 2.75) is 57.2 Å². The highest BCUT2D eigenvalue weighted by Crippen LogP contribution is 2.39. The van der Waals surface area contributed by atoms with Crippen molar-refractivity contribution in [3.05, 3.63) is 24.1 Å². The Morgan fingerprint density at radius 1 is 1.38 bits per heavy atom. The van der Waals surface area contributed by atoms with Crippen LogP contribution in [0.1, 0.15) is 39.0 Å². The summed E-state index contributed by atoms with van der Waals surface area (Å²) in [6, 6.07) is 3.91. The lowest BCUT2D eigenvalue weighted by Crippen LogP contribution is -2.50. The molecule has 1 aliphatic heterocycles. The first kappa shape index (κ1) is 15.7. The Bertz CT molecular complexity index is 617. The van der Waals surface area contributed by atoms with Crippen molar-refractivity contribution in [3.63, 3.8) is 0 Å². The SMILES string of the molecule is C[C@@H](C1CC1)N(C(=O)N[C@@H]1CCN(c2ncccc2F)C1)C1CC1. The first-order chi connectivity index (χ1) is 11.6. The number of anilines is 1. The normalized spacial score (nSPS) is 24.8. The zero-order valence-electron chi connectivity index (χ0n) is 14.1. The van der Waals surface area contributed by atoms with Crippen LogP contribution in [0.3, 0.4) is 0 Å². The number of halogens is 1. The van der Waals surface area contributed by atoms with E-state index in [1.807, 2.05) is 4.90 Å². The van der Waals surface area contributed by atoms with Crippen LogP contribution in [-0.4, -0.2) is 47.1 Å². The molecule has 4 rings (SSSR count). The molecule has 6 heteroatoms. The van der Waals surface area contributed by atoms with Crippen LogP contribution in [0.5, 0.6) is 0 Å². The molecule has 2 heterocycles. The van der Waals surface area contributed by atoms with E-state index in [0.29, 0.717) is 30.4 Å². The van der Waals surface area contributed by atoms with Gasteiger partial charge in [-0.2, -0.15) is 0 Å². The van der Waals surface area contributed by atoms with E-state index in [0.717, 1.165) is 25.8 Å². The van der Waals surface area contributed by atoms with Gasteiger partial charge in [0.1, 0.15) is 0 Å². The highest BCUT2D eigenvalue weighted by atomic mass is 19.1. The van der Waals surface area contributed by atoms with Crippen molar-refractivity contribution >= 4 is 11.8 Å². The summed E-state index contributed by atoms with van der Waals surface area (Å²) in [4.78, 5) is 20.9. The predicted octanol–water partition coefficient (Wildman–Crippen LogP) is 2.77. The molecule has 0 spiro atoms. The molecule has 3 aliphatic rings. The zero-order valence-corrected chi connectivity index (χ0v) is 14.1. The highest BCUT2D eigenvalue weighted by molar-refractivity contribution is 5.76. The Balaban J connectivity index is 1.37. The third-order valence-electron chi connectivity index (χ3n) is 5.47. The summed E-state index contributed by atoms with van der Waals surface area (Å²) in [6.45, 7) is 3.52. The summed E-state index contributed by atoms with van der Waals surface area (Å²) >= 11 is 0. The molecule has 0 bridgehead atoms. The Kier molecular flexibility index (Phi) is 4.06. The molecule has 130 valence electrons. The molecular weight excluding hydrogens is 307 g/mol. The summed E-state index contributed by atoms with van der Waals surface area (Å²) in [7, 11) is 0. The van der Waals surface area contributed by atoms with Crippen molar-refractivity contribution in [3.8, 4) is 0 Å². The third kappa shape index (κ3) is 3.19. The maximum absolute atomic E-state index is 13.9. The molecule has 0 aromatic carbocycles. The van der Waals surface area contributed by atoms with Gasteiger partial charge in [-0.3, -0.25) is 0 Å². The molecule has 2 saturated carbocycles. The number of amides is 2. The van der Waals surface area contributed by atoms with Gasteiger partial charge in [-0.25, -0.2) is 14.2 Å². The van der Waals surface area contributed by atoms with Gasteiger partial charge in [-0.1, -0.05) is 0 Å². The molecule has 1 saturated heterocycles. The minimum atomic E-state index is -0.300. The Morgan fingerprint density at radius 2 is 2.17 bits per heavy atom. The van der Waals surface area contributed by atoms with Gasteiger partial charge in [-0.05, 0) is 57.1 Å². The van der Waals surface area contributed by atoms with Gasteiger partial charge < -0.3 is 15.1 Å². The van der Waals surface area contributed by atoms with E-state index in [2.05, 4.69) is 22.1 Å². The van der Waals surface area contributed by atoms with E-state index < -0.39 is 0 Å². The van der Waals surface area contributed by atoms with Crippen molar-refractivity contribution in [2.24, 2.45) is 5.92 Å². The fourth-order valence-corrected chi connectivity index (χ4v) is 3.77. The molecule has 3 fully saturated rings. The smallest absolute Gasteiger partial charge is 0.318 e. The lowest BCUT2D eigenvalue weighted by molar-refractivity contribution is 0.164. The Hall–Kier alpha value is -1.85. The molecule has 0 unspecified atom stereocenters. The lowest BCUT2D eigenvalue weighted by atomic mass is 10.2. The van der Waals surface area contributed by atoms with E-state index >= 15 is 0 Å². The number of nitrogens with one attached hydrogen (secondary N) is 1. The average molecular weight is 332 g/mol. The first-order valence-corrected chi connectivity index (χ1v) is 9.08. The fraction of sp³-hybridized carbons (Fsp3) is 0.667. The van der Waals surface area contributed by atoms with Gasteiger partial charge in [-0.15, -0.1) is 0 Å². The second-order valence-corrected chi connectivity index (χ2v) is 7.41. The van der Waals surface area contributed by atoms with Gasteiger partial charge in [0, 0.05) is 37.4 Å². The monoisotopic (exact) mass is 332 g/mol. The van der Waals surface area contributed by atoms with Gasteiger partial charge in [0.15, 0.2) is 11.6 Å². The fourth-order valence-electron chi connectivity index (χ4n) is 3.77. The molecule has 2 atom stereocenters. The minimum absolute atomic E-state index is 0.0604. The summed E-state index contributed by atoms with van der Waals surface area (Å²) in [5, 5.41) is 3.18. The van der Waals surface area contributed by atoms with Crippen LogP contribution < -0.4 is 10.2 Å². The number of urea groups is 1. The van der Waals surface area contributed by atoms with E-state index in [1.165, 1.54) is 18.9 Å². The number of hydrogen-bond acceptors (Lipinski definition) is 3. The van der Waals surface area contributed by atoms with Crippen LogP contribution in [0.25, 0.3) is 0 Å². The molecule has 5 nitrogen and oxygen atoms in total. The van der Waals surface area contributed by atoms with Gasteiger partial charge in [0.05, 0.1) is 0 Å². The maximum Gasteiger partial charge on any atom is 0.318 e. The molecule has 1 aromatic rings. The van der Waals surface area contributed by atoms with Gasteiger partial charge in [0.2, 0.25) is 0 Å². The van der Waals surface area contributed by atoms with E-state index in [1.54, 1.807) is 12.3 Å². The van der Waals surface area contributed by atoms with Crippen LogP contribution in [0.4, 0.5) is 15.0 Å². The third-order valence-corrected chi connectivity index (χ3v) is 5.47. The number of hydrogen-bond donors (Lipinski definition) is 1. The van der Waals surface area contributed by atoms with Crippen LogP contribution >= 0.6 is 0 Å². The van der Waals surface area contributed by atoms with E-state index in [4.69, 9.17) is 0 Å². The number of pyridine rings is 1. The van der Waals surface area contributed by atoms with E-state index in [-0.39, 0.29) is 17.9 Å². The minimum Gasteiger partial charge on any atom is -0.352 e. The van der Waals surface area contributed by atoms with Crippen molar-refractivity contribution in [1.29, 1.82) is 0 Å². The molecular formula is C18H25FN4O. The molecule has 2 amide bonds. The van der Waals surface area contributed by atoms with E-state index in [9.17, 15) is 9.18 Å². The molecule has 1 N–H and O–H groups in total. The number of carbonyl (C=O) groups is 1. The van der Waals surface area contributed by atoms with Crippen LogP contribution in [0, 0.1) is 11.7 Å². The topological polar surface area (TPSA) is 48.5 Å². The maximum atomic E-state index is 13.9. The second kappa shape index (κ2) is 6.22. The van der Waals surface area contributed by atoms with Crippen LogP contribution in [-0.2, 0) is 0 Å². The number of aromatic nitrogens is 1. The van der Waals surface area contributed by atoms with Crippen molar-refractivity contribution < 1.29 is 9.18 Å². The summed E-state index contributed by atoms with van der Waals surface area (Å²) in [6.07, 6.45) is 7.18. The van der Waals surface area contributed by atoms with Gasteiger partial charge >= 0.3 is 6.03 Å². The first-order valence-electron chi connectivity index (χ1n) is 9.08. The van der Waals surface area contributed by atoms with Crippen molar-refractivity contribution in [1.82, 2.24) is 15.2 Å². The van der Waals surface area contributed by atoms with Crippen molar-refractivity contribution in [2.75, 3.05) is 18.0 Å². The standard InChI is InChI=1S/C18H25FN4O/c1-12(13-4-5-13)23(15-6-7-15)18(24)21-14-8-10-22(11-14)17-16(19)3-2-9-20-17/h2-3,9,12-15H,4-8,10-11H2,1H3,(H,21,24)/t12-,14+/m0/s1. The Labute approximate surface area is 142 Å². The number of carbonyl (C=O) groups excluding carboxylic acids is 1. The molecule has 24 heavy (non-hydrogen) atoms. The average Bonchev–Trinajstić information content (AvgIpc) is 3.47. The summed E-state index contributed by atoms with van der Waals surface area (Å²) in [5.41, 5.74) is 0. The lowest BCUT2D eigenvalue weighted by Gasteiger charge is -2.31. The zero-order chi connectivity index (χ0) is 16.7. The predicted molar refractivity (Wildman–Crippen MR) is 90.4 cm³/mol. The number of nitrogens with zero attached hydrogens (tertiary/aromatic N) is 3. The van der Waals surface area contributed by atoms with Crippen LogP contribution in [0.15, 0.2) is 18.3 Å². The second-order valence-electron chi connectivity index (χ2n) is 7.41. The summed E-state index contributed by atoms with van der Waals surface area (Å²) < 4.78 is 13.9. The number of rotatable bonds is 5. The van der Waals surface area contributed by atoms with Crippen LogP contribution in [0.2, 0.25) is 0 Å². The molecule has 2 aliphatic carbocycles. The molecule has 1 aromatic heterocycles. The van der Waals surface area contributed by atoms with Gasteiger partial charge in [0.25, 0.3) is 0 Å². The molecule has 0 radical (unpaired) electrons.